The highest BCUT2D eigenvalue weighted by Crippen LogP contribution is 2.27. The number of carboxylic acid groups (broad SMARTS) is 1. The van der Waals surface area contributed by atoms with Gasteiger partial charge in [0.05, 0.1) is 5.02 Å². The van der Waals surface area contributed by atoms with Gasteiger partial charge in [-0.3, -0.25) is 9.69 Å². The van der Waals surface area contributed by atoms with Crippen LogP contribution in [0.2, 0.25) is 5.02 Å². The van der Waals surface area contributed by atoms with Gasteiger partial charge in [-0.25, -0.2) is 4.39 Å². The molecule has 0 aromatic heterocycles. The number of hydrogen-bond donors (Lipinski definition) is 1. The fourth-order valence-electron chi connectivity index (χ4n) is 2.55. The zero-order valence-electron chi connectivity index (χ0n) is 10.6. The van der Waals surface area contributed by atoms with Crippen LogP contribution in [0.15, 0.2) is 18.2 Å². The second-order valence-corrected chi connectivity index (χ2v) is 5.27. The minimum Gasteiger partial charge on any atom is -0.480 e. The van der Waals surface area contributed by atoms with Crippen molar-refractivity contribution in [2.75, 3.05) is 13.1 Å². The third kappa shape index (κ3) is 3.45. The molecule has 19 heavy (non-hydrogen) atoms. The van der Waals surface area contributed by atoms with Crippen LogP contribution in [-0.2, 0) is 4.79 Å². The molecule has 0 aliphatic carbocycles. The lowest BCUT2D eigenvalue weighted by atomic mass is 10.0. The molecule has 1 aromatic rings. The summed E-state index contributed by atoms with van der Waals surface area (Å²) >= 11 is 5.75. The van der Waals surface area contributed by atoms with E-state index >= 15 is 0 Å². The van der Waals surface area contributed by atoms with Crippen LogP contribution in [0.4, 0.5) is 4.39 Å². The van der Waals surface area contributed by atoms with E-state index in [1.165, 1.54) is 18.2 Å². The van der Waals surface area contributed by atoms with Crippen molar-refractivity contribution < 1.29 is 14.3 Å². The van der Waals surface area contributed by atoms with Crippen LogP contribution in [-0.4, -0.2) is 29.1 Å². The number of benzene rings is 1. The maximum absolute atomic E-state index is 13.2. The second-order valence-electron chi connectivity index (χ2n) is 4.86. The van der Waals surface area contributed by atoms with Crippen molar-refractivity contribution in [1.82, 2.24) is 4.90 Å². The third-order valence-electron chi connectivity index (χ3n) is 3.50. The van der Waals surface area contributed by atoms with Crippen LogP contribution < -0.4 is 0 Å². The van der Waals surface area contributed by atoms with Gasteiger partial charge in [-0.2, -0.15) is 0 Å². The van der Waals surface area contributed by atoms with Gasteiger partial charge in [-0.1, -0.05) is 30.5 Å². The molecule has 0 radical (unpaired) electrons. The van der Waals surface area contributed by atoms with Crippen LogP contribution in [0.1, 0.15) is 37.3 Å². The molecule has 1 N–H and O–H groups in total. The highest BCUT2D eigenvalue weighted by molar-refractivity contribution is 6.30. The van der Waals surface area contributed by atoms with Gasteiger partial charge < -0.3 is 5.11 Å². The number of nitrogens with zero attached hydrogens (tertiary/aromatic N) is 1. The summed E-state index contributed by atoms with van der Waals surface area (Å²) in [6.07, 6.45) is 4.26. The van der Waals surface area contributed by atoms with E-state index in [4.69, 9.17) is 11.6 Å². The summed E-state index contributed by atoms with van der Waals surface area (Å²) in [7, 11) is 0. The van der Waals surface area contributed by atoms with Crippen LogP contribution >= 0.6 is 11.6 Å². The van der Waals surface area contributed by atoms with Gasteiger partial charge in [-0.05, 0) is 43.6 Å². The lowest BCUT2D eigenvalue weighted by Crippen LogP contribution is -2.34. The molecule has 1 fully saturated rings. The monoisotopic (exact) mass is 285 g/mol. The molecule has 0 spiro atoms. The third-order valence-corrected chi connectivity index (χ3v) is 3.79. The molecule has 1 aliphatic heterocycles. The average Bonchev–Trinajstić information content (AvgIpc) is 2.62. The SMILES string of the molecule is O=C(O)C(c1ccc(F)c(Cl)c1)N1CCCCCC1. The lowest BCUT2D eigenvalue weighted by Gasteiger charge is -2.27. The molecule has 3 nitrogen and oxygen atoms in total. The highest BCUT2D eigenvalue weighted by atomic mass is 35.5. The molecule has 0 amide bonds. The number of carboxylic acids is 1. The Morgan fingerprint density at radius 1 is 1.26 bits per heavy atom. The first-order chi connectivity index (χ1) is 9.09. The molecule has 2 rings (SSSR count). The summed E-state index contributed by atoms with van der Waals surface area (Å²) in [5.41, 5.74) is 0.542. The standard InChI is InChI=1S/C14H17ClFNO2/c15-11-9-10(5-6-12(11)16)13(14(18)19)17-7-3-1-2-4-8-17/h5-6,9,13H,1-4,7-8H2,(H,18,19). The number of likely N-dealkylation sites (tertiary alicyclic amines) is 1. The van der Waals surface area contributed by atoms with Gasteiger partial charge in [0.25, 0.3) is 0 Å². The summed E-state index contributed by atoms with van der Waals surface area (Å²) in [4.78, 5) is 13.5. The van der Waals surface area contributed by atoms with E-state index in [0.29, 0.717) is 5.56 Å². The quantitative estimate of drug-likeness (QED) is 0.924. The Bertz CT molecular complexity index is 459. The highest BCUT2D eigenvalue weighted by Gasteiger charge is 2.28. The molecular formula is C14H17ClFNO2. The predicted molar refractivity (Wildman–Crippen MR) is 71.8 cm³/mol. The number of carbonyl (C=O) groups is 1. The van der Waals surface area contributed by atoms with Crippen molar-refractivity contribution in [2.24, 2.45) is 0 Å². The molecule has 104 valence electrons. The topological polar surface area (TPSA) is 40.5 Å². The van der Waals surface area contributed by atoms with Crippen LogP contribution in [0, 0.1) is 5.82 Å². The molecule has 0 saturated carbocycles. The number of rotatable bonds is 3. The van der Waals surface area contributed by atoms with Gasteiger partial charge in [0, 0.05) is 0 Å². The molecule has 1 aromatic carbocycles. The largest absolute Gasteiger partial charge is 0.480 e. The lowest BCUT2D eigenvalue weighted by molar-refractivity contribution is -0.143. The first-order valence-electron chi connectivity index (χ1n) is 6.51. The van der Waals surface area contributed by atoms with Crippen molar-refractivity contribution in [3.05, 3.63) is 34.6 Å². The predicted octanol–water partition coefficient (Wildman–Crippen LogP) is 3.48. The van der Waals surface area contributed by atoms with Crippen molar-refractivity contribution in [3.8, 4) is 0 Å². The Balaban J connectivity index is 2.27. The molecule has 1 heterocycles. The summed E-state index contributed by atoms with van der Waals surface area (Å²) in [5.74, 6) is -1.44. The van der Waals surface area contributed by atoms with Crippen molar-refractivity contribution in [1.29, 1.82) is 0 Å². The molecular weight excluding hydrogens is 269 g/mol. The van der Waals surface area contributed by atoms with Gasteiger partial charge in [0.15, 0.2) is 0 Å². The second kappa shape index (κ2) is 6.35. The first-order valence-corrected chi connectivity index (χ1v) is 6.89. The first kappa shape index (κ1) is 14.3. The van der Waals surface area contributed by atoms with Crippen LogP contribution in [0.3, 0.4) is 0 Å². The van der Waals surface area contributed by atoms with E-state index < -0.39 is 17.8 Å². The summed E-state index contributed by atoms with van der Waals surface area (Å²) in [6, 6.07) is 3.41. The minimum atomic E-state index is -0.912. The summed E-state index contributed by atoms with van der Waals surface area (Å²) in [5, 5.41) is 9.42. The Labute approximate surface area is 117 Å². The maximum Gasteiger partial charge on any atom is 0.325 e. The average molecular weight is 286 g/mol. The van der Waals surface area contributed by atoms with E-state index in [-0.39, 0.29) is 5.02 Å². The summed E-state index contributed by atoms with van der Waals surface area (Å²) in [6.45, 7) is 1.51. The molecule has 1 aliphatic rings. The molecule has 1 atom stereocenters. The maximum atomic E-state index is 13.2. The van der Waals surface area contributed by atoms with Crippen LogP contribution in [0.25, 0.3) is 0 Å². The van der Waals surface area contributed by atoms with E-state index in [0.717, 1.165) is 38.8 Å². The van der Waals surface area contributed by atoms with Gasteiger partial charge in [-0.15, -0.1) is 0 Å². The number of halogens is 2. The Morgan fingerprint density at radius 2 is 1.89 bits per heavy atom. The van der Waals surface area contributed by atoms with Gasteiger partial charge >= 0.3 is 5.97 Å². The zero-order valence-corrected chi connectivity index (χ0v) is 11.4. The zero-order chi connectivity index (χ0) is 13.8. The van der Waals surface area contributed by atoms with Gasteiger partial charge in [0.1, 0.15) is 11.9 Å². The Morgan fingerprint density at radius 3 is 2.42 bits per heavy atom. The van der Waals surface area contributed by atoms with Crippen molar-refractivity contribution in [2.45, 2.75) is 31.7 Å². The fourth-order valence-corrected chi connectivity index (χ4v) is 2.73. The van der Waals surface area contributed by atoms with Crippen LogP contribution in [0.5, 0.6) is 0 Å². The van der Waals surface area contributed by atoms with E-state index in [9.17, 15) is 14.3 Å². The van der Waals surface area contributed by atoms with E-state index in [1.54, 1.807) is 0 Å². The Hall–Kier alpha value is -1.13. The summed E-state index contributed by atoms with van der Waals surface area (Å²) < 4.78 is 13.2. The number of aliphatic carboxylic acids is 1. The molecule has 1 unspecified atom stereocenters. The van der Waals surface area contributed by atoms with Crippen molar-refractivity contribution in [3.63, 3.8) is 0 Å². The van der Waals surface area contributed by atoms with E-state index in [2.05, 4.69) is 0 Å². The molecule has 0 bridgehead atoms. The molecule has 1 saturated heterocycles. The Kier molecular flexibility index (Phi) is 4.77. The number of hydrogen-bond acceptors (Lipinski definition) is 2. The minimum absolute atomic E-state index is 0.0291. The smallest absolute Gasteiger partial charge is 0.325 e. The van der Waals surface area contributed by atoms with Crippen molar-refractivity contribution >= 4 is 17.6 Å². The fraction of sp³-hybridized carbons (Fsp3) is 0.500. The molecule has 5 heteroatoms. The van der Waals surface area contributed by atoms with E-state index in [1.807, 2.05) is 4.90 Å². The normalized spacial score (nSPS) is 18.8. The van der Waals surface area contributed by atoms with Gasteiger partial charge in [0.2, 0.25) is 0 Å².